The van der Waals surface area contributed by atoms with Gasteiger partial charge < -0.3 is 9.47 Å². The van der Waals surface area contributed by atoms with Crippen LogP contribution in [0.5, 0.6) is 0 Å². The standard InChI is InChI=1S/C15H26O3S/c1-9(2)12-6-5-10(3)7-13(12)18-14(16)15-17-11(4)8-19-15/h9-13,15H,5-8H2,1-4H3/t10-,11+,12+,13-,15?/m1/s1. The molecule has 0 aromatic carbocycles. The first-order chi connectivity index (χ1) is 8.97. The minimum absolute atomic E-state index is 0.0800. The van der Waals surface area contributed by atoms with Gasteiger partial charge in [-0.2, -0.15) is 0 Å². The Morgan fingerprint density at radius 1 is 1.32 bits per heavy atom. The zero-order chi connectivity index (χ0) is 14.0. The summed E-state index contributed by atoms with van der Waals surface area (Å²) in [5, 5.41) is 0. The molecule has 0 aromatic rings. The molecule has 1 heterocycles. The van der Waals surface area contributed by atoms with E-state index in [0.717, 1.165) is 12.2 Å². The normalized spacial score (nSPS) is 39.5. The Kier molecular flexibility index (Phi) is 5.18. The number of ether oxygens (including phenoxy) is 2. The van der Waals surface area contributed by atoms with Gasteiger partial charge in [-0.1, -0.05) is 27.2 Å². The molecule has 1 saturated heterocycles. The second-order valence-corrected chi connectivity index (χ2v) is 7.51. The lowest BCUT2D eigenvalue weighted by Crippen LogP contribution is -2.38. The first kappa shape index (κ1) is 15.2. The largest absolute Gasteiger partial charge is 0.459 e. The van der Waals surface area contributed by atoms with Gasteiger partial charge in [0.05, 0.1) is 6.10 Å². The molecule has 0 bridgehead atoms. The topological polar surface area (TPSA) is 35.5 Å². The summed E-state index contributed by atoms with van der Waals surface area (Å²) in [6.07, 6.45) is 3.67. The second kappa shape index (κ2) is 6.49. The Bertz CT molecular complexity index is 319. The van der Waals surface area contributed by atoms with Crippen LogP contribution < -0.4 is 0 Å². The van der Waals surface area contributed by atoms with Gasteiger partial charge in [-0.25, -0.2) is 4.79 Å². The quantitative estimate of drug-likeness (QED) is 0.744. The van der Waals surface area contributed by atoms with Crippen molar-refractivity contribution in [1.29, 1.82) is 0 Å². The summed E-state index contributed by atoms with van der Waals surface area (Å²) >= 11 is 1.56. The Labute approximate surface area is 120 Å². The Morgan fingerprint density at radius 3 is 2.63 bits per heavy atom. The van der Waals surface area contributed by atoms with Crippen molar-refractivity contribution >= 4 is 17.7 Å². The van der Waals surface area contributed by atoms with E-state index in [2.05, 4.69) is 20.8 Å². The van der Waals surface area contributed by atoms with Gasteiger partial charge in [-0.3, -0.25) is 0 Å². The van der Waals surface area contributed by atoms with E-state index in [4.69, 9.17) is 9.47 Å². The minimum atomic E-state index is -0.403. The number of hydrogen-bond acceptors (Lipinski definition) is 4. The van der Waals surface area contributed by atoms with Crippen molar-refractivity contribution < 1.29 is 14.3 Å². The van der Waals surface area contributed by atoms with Gasteiger partial charge in [0.15, 0.2) is 0 Å². The zero-order valence-corrected chi connectivity index (χ0v) is 13.2. The molecule has 2 aliphatic rings. The van der Waals surface area contributed by atoms with Crippen LogP contribution in [0.2, 0.25) is 0 Å². The summed E-state index contributed by atoms with van der Waals surface area (Å²) in [5.74, 6) is 2.45. The van der Waals surface area contributed by atoms with E-state index in [1.54, 1.807) is 11.8 Å². The summed E-state index contributed by atoms with van der Waals surface area (Å²) in [6.45, 7) is 8.70. The summed E-state index contributed by atoms with van der Waals surface area (Å²) < 4.78 is 11.4. The predicted octanol–water partition coefficient (Wildman–Crippen LogP) is 3.47. The lowest BCUT2D eigenvalue weighted by atomic mass is 9.75. The maximum Gasteiger partial charge on any atom is 0.346 e. The van der Waals surface area contributed by atoms with Crippen LogP contribution in [-0.2, 0) is 14.3 Å². The van der Waals surface area contributed by atoms with Crippen LogP contribution in [0.3, 0.4) is 0 Å². The third-order valence-corrected chi connectivity index (χ3v) is 5.53. The van der Waals surface area contributed by atoms with Crippen molar-refractivity contribution in [2.75, 3.05) is 5.75 Å². The lowest BCUT2D eigenvalue weighted by Gasteiger charge is -2.37. The van der Waals surface area contributed by atoms with Crippen molar-refractivity contribution in [3.8, 4) is 0 Å². The molecule has 3 nitrogen and oxygen atoms in total. The van der Waals surface area contributed by atoms with Gasteiger partial charge in [0.1, 0.15) is 6.10 Å². The molecule has 0 radical (unpaired) electrons. The molecule has 1 aliphatic heterocycles. The number of thioether (sulfide) groups is 1. The fourth-order valence-electron chi connectivity index (χ4n) is 3.09. The van der Waals surface area contributed by atoms with Crippen molar-refractivity contribution in [3.63, 3.8) is 0 Å². The number of rotatable bonds is 3. The third-order valence-electron chi connectivity index (χ3n) is 4.26. The maximum absolute atomic E-state index is 12.2. The number of carbonyl (C=O) groups excluding carboxylic acids is 1. The van der Waals surface area contributed by atoms with E-state index in [0.29, 0.717) is 17.8 Å². The molecule has 4 heteroatoms. The SMILES string of the molecule is CC(C)[C@@H]1CC[C@@H](C)C[C@H]1OC(=O)C1O[C@@H](C)CS1. The van der Waals surface area contributed by atoms with Crippen molar-refractivity contribution in [3.05, 3.63) is 0 Å². The summed E-state index contributed by atoms with van der Waals surface area (Å²) in [4.78, 5) is 12.2. The van der Waals surface area contributed by atoms with E-state index in [9.17, 15) is 4.79 Å². The van der Waals surface area contributed by atoms with E-state index >= 15 is 0 Å². The van der Waals surface area contributed by atoms with Crippen molar-refractivity contribution in [2.45, 2.75) is 64.6 Å². The highest BCUT2D eigenvalue weighted by atomic mass is 32.2. The molecule has 1 aliphatic carbocycles. The first-order valence-electron chi connectivity index (χ1n) is 7.45. The molecule has 1 saturated carbocycles. The summed E-state index contributed by atoms with van der Waals surface area (Å²) in [7, 11) is 0. The monoisotopic (exact) mass is 286 g/mol. The van der Waals surface area contributed by atoms with Gasteiger partial charge in [0.2, 0.25) is 5.44 Å². The molecule has 0 spiro atoms. The molecule has 0 amide bonds. The Morgan fingerprint density at radius 2 is 2.05 bits per heavy atom. The van der Waals surface area contributed by atoms with Crippen molar-refractivity contribution in [2.24, 2.45) is 17.8 Å². The molecule has 0 N–H and O–H groups in total. The van der Waals surface area contributed by atoms with Crippen molar-refractivity contribution in [1.82, 2.24) is 0 Å². The molecule has 110 valence electrons. The summed E-state index contributed by atoms with van der Waals surface area (Å²) in [5.41, 5.74) is -0.403. The molecular weight excluding hydrogens is 260 g/mol. The fraction of sp³-hybridized carbons (Fsp3) is 0.933. The molecule has 19 heavy (non-hydrogen) atoms. The van der Waals surface area contributed by atoms with Crippen LogP contribution in [0.15, 0.2) is 0 Å². The third kappa shape index (κ3) is 3.88. The lowest BCUT2D eigenvalue weighted by molar-refractivity contribution is -0.164. The highest BCUT2D eigenvalue weighted by molar-refractivity contribution is 8.00. The van der Waals surface area contributed by atoms with Crippen LogP contribution >= 0.6 is 11.8 Å². The maximum atomic E-state index is 12.2. The summed E-state index contributed by atoms with van der Waals surface area (Å²) in [6, 6.07) is 0. The predicted molar refractivity (Wildman–Crippen MR) is 78.0 cm³/mol. The highest BCUT2D eigenvalue weighted by Gasteiger charge is 2.37. The smallest absolute Gasteiger partial charge is 0.346 e. The van der Waals surface area contributed by atoms with E-state index in [1.165, 1.54) is 12.8 Å². The molecule has 2 fully saturated rings. The highest BCUT2D eigenvalue weighted by Crippen LogP contribution is 2.36. The van der Waals surface area contributed by atoms with E-state index in [-0.39, 0.29) is 18.2 Å². The van der Waals surface area contributed by atoms with E-state index in [1.807, 2.05) is 6.92 Å². The molecule has 1 unspecified atom stereocenters. The number of hydrogen-bond donors (Lipinski definition) is 0. The fourth-order valence-corrected chi connectivity index (χ4v) is 4.08. The second-order valence-electron chi connectivity index (χ2n) is 6.41. The Hall–Kier alpha value is -0.220. The van der Waals surface area contributed by atoms with Crippen LogP contribution in [-0.4, -0.2) is 29.4 Å². The molecule has 2 rings (SSSR count). The average Bonchev–Trinajstić information content (AvgIpc) is 2.75. The first-order valence-corrected chi connectivity index (χ1v) is 8.49. The van der Waals surface area contributed by atoms with Gasteiger partial charge in [0.25, 0.3) is 0 Å². The molecule has 0 aromatic heterocycles. The van der Waals surface area contributed by atoms with Gasteiger partial charge >= 0.3 is 5.97 Å². The minimum Gasteiger partial charge on any atom is -0.459 e. The average molecular weight is 286 g/mol. The van der Waals surface area contributed by atoms with Gasteiger partial charge in [-0.05, 0) is 37.5 Å². The Balaban J connectivity index is 1.92. The van der Waals surface area contributed by atoms with Crippen LogP contribution in [0.25, 0.3) is 0 Å². The molecule has 5 atom stereocenters. The van der Waals surface area contributed by atoms with Crippen LogP contribution in [0, 0.1) is 17.8 Å². The number of carbonyl (C=O) groups is 1. The van der Waals surface area contributed by atoms with Gasteiger partial charge in [0, 0.05) is 5.75 Å². The van der Waals surface area contributed by atoms with Crippen LogP contribution in [0.1, 0.15) is 47.0 Å². The molecular formula is C15H26O3S. The zero-order valence-electron chi connectivity index (χ0n) is 12.4. The van der Waals surface area contributed by atoms with Gasteiger partial charge in [-0.15, -0.1) is 11.8 Å². The van der Waals surface area contributed by atoms with Crippen LogP contribution in [0.4, 0.5) is 0 Å². The van der Waals surface area contributed by atoms with E-state index < -0.39 is 5.44 Å². The number of esters is 1.